The molecule has 0 aromatic heterocycles. The second-order valence-electron chi connectivity index (χ2n) is 4.78. The summed E-state index contributed by atoms with van der Waals surface area (Å²) in [6.07, 6.45) is 0. The molecule has 0 saturated heterocycles. The van der Waals surface area contributed by atoms with Crippen molar-refractivity contribution in [2.24, 2.45) is 11.8 Å². The van der Waals surface area contributed by atoms with Crippen molar-refractivity contribution in [1.29, 1.82) is 0 Å². The quantitative estimate of drug-likeness (QED) is 0.811. The first-order valence-electron chi connectivity index (χ1n) is 5.93. The number of rotatable bonds is 6. The van der Waals surface area contributed by atoms with Gasteiger partial charge in [0.1, 0.15) is 5.60 Å². The standard InChI is InChI=1S/C14H20O4/c1-10(2)12(13(15)16)14(17,9-18-3)11-7-5-4-6-8-11/h4-8,10,12,17H,9H2,1-3H3,(H,15,16). The monoisotopic (exact) mass is 252 g/mol. The van der Waals surface area contributed by atoms with Crippen molar-refractivity contribution < 1.29 is 19.7 Å². The van der Waals surface area contributed by atoms with E-state index in [9.17, 15) is 15.0 Å². The number of ether oxygens (including phenoxy) is 1. The average molecular weight is 252 g/mol. The molecule has 2 N–H and O–H groups in total. The lowest BCUT2D eigenvalue weighted by Crippen LogP contribution is -2.46. The lowest BCUT2D eigenvalue weighted by atomic mass is 9.75. The van der Waals surface area contributed by atoms with Crippen LogP contribution in [0.2, 0.25) is 0 Å². The highest BCUT2D eigenvalue weighted by Crippen LogP contribution is 2.35. The van der Waals surface area contributed by atoms with Crippen LogP contribution in [0.3, 0.4) is 0 Å². The molecule has 2 atom stereocenters. The normalized spacial score (nSPS) is 16.3. The molecule has 0 aliphatic heterocycles. The number of carboxylic acid groups (broad SMARTS) is 1. The second-order valence-corrected chi connectivity index (χ2v) is 4.78. The number of hydrogen-bond donors (Lipinski definition) is 2. The summed E-state index contributed by atoms with van der Waals surface area (Å²) in [5, 5.41) is 20.1. The van der Waals surface area contributed by atoms with Gasteiger partial charge >= 0.3 is 5.97 Å². The maximum Gasteiger partial charge on any atom is 0.310 e. The summed E-state index contributed by atoms with van der Waals surface area (Å²) in [6, 6.07) is 8.81. The Bertz CT molecular complexity index is 388. The van der Waals surface area contributed by atoms with E-state index in [4.69, 9.17) is 4.74 Å². The summed E-state index contributed by atoms with van der Waals surface area (Å²) in [5.74, 6) is -2.14. The number of aliphatic hydroxyl groups is 1. The van der Waals surface area contributed by atoms with Crippen LogP contribution in [0.25, 0.3) is 0 Å². The summed E-state index contributed by atoms with van der Waals surface area (Å²) in [4.78, 5) is 11.4. The van der Waals surface area contributed by atoms with Crippen LogP contribution in [0.5, 0.6) is 0 Å². The molecular formula is C14H20O4. The molecule has 0 fully saturated rings. The van der Waals surface area contributed by atoms with Crippen LogP contribution in [-0.2, 0) is 15.1 Å². The number of hydrogen-bond acceptors (Lipinski definition) is 3. The largest absolute Gasteiger partial charge is 0.481 e. The molecule has 4 nitrogen and oxygen atoms in total. The minimum atomic E-state index is -1.52. The zero-order valence-corrected chi connectivity index (χ0v) is 11.0. The fourth-order valence-electron chi connectivity index (χ4n) is 2.34. The van der Waals surface area contributed by atoms with Crippen LogP contribution in [0.1, 0.15) is 19.4 Å². The van der Waals surface area contributed by atoms with Crippen molar-refractivity contribution in [2.45, 2.75) is 19.4 Å². The molecule has 4 heteroatoms. The SMILES string of the molecule is COCC(O)(c1ccccc1)C(C(=O)O)C(C)C. The van der Waals surface area contributed by atoms with E-state index in [-0.39, 0.29) is 12.5 Å². The van der Waals surface area contributed by atoms with Gasteiger partial charge in [-0.2, -0.15) is 0 Å². The predicted octanol–water partition coefficient (Wildman–Crippen LogP) is 1.88. The van der Waals surface area contributed by atoms with E-state index in [1.165, 1.54) is 7.11 Å². The van der Waals surface area contributed by atoms with Gasteiger partial charge in [0, 0.05) is 7.11 Å². The molecule has 1 aromatic carbocycles. The fraction of sp³-hybridized carbons (Fsp3) is 0.500. The Labute approximate surface area is 107 Å². The van der Waals surface area contributed by atoms with E-state index in [0.717, 1.165) is 0 Å². The number of benzene rings is 1. The zero-order valence-electron chi connectivity index (χ0n) is 11.0. The van der Waals surface area contributed by atoms with Crippen molar-refractivity contribution >= 4 is 5.97 Å². The Balaban J connectivity index is 3.25. The van der Waals surface area contributed by atoms with E-state index in [1.54, 1.807) is 38.1 Å². The summed E-state index contributed by atoms with van der Waals surface area (Å²) < 4.78 is 5.03. The van der Waals surface area contributed by atoms with Gasteiger partial charge in [-0.25, -0.2) is 0 Å². The van der Waals surface area contributed by atoms with Crippen molar-refractivity contribution in [2.75, 3.05) is 13.7 Å². The summed E-state index contributed by atoms with van der Waals surface area (Å²) in [5.41, 5.74) is -0.955. The van der Waals surface area contributed by atoms with Gasteiger partial charge in [-0.15, -0.1) is 0 Å². The molecule has 0 aliphatic carbocycles. The van der Waals surface area contributed by atoms with Crippen LogP contribution in [0, 0.1) is 11.8 Å². The van der Waals surface area contributed by atoms with E-state index >= 15 is 0 Å². The van der Waals surface area contributed by atoms with Crippen molar-refractivity contribution in [1.82, 2.24) is 0 Å². The van der Waals surface area contributed by atoms with Gasteiger partial charge in [-0.1, -0.05) is 44.2 Å². The maximum absolute atomic E-state index is 11.4. The summed E-state index contributed by atoms with van der Waals surface area (Å²) >= 11 is 0. The maximum atomic E-state index is 11.4. The molecule has 0 radical (unpaired) electrons. The molecular weight excluding hydrogens is 232 g/mol. The Morgan fingerprint density at radius 1 is 1.33 bits per heavy atom. The van der Waals surface area contributed by atoms with E-state index in [0.29, 0.717) is 5.56 Å². The third-order valence-electron chi connectivity index (χ3n) is 3.09. The molecule has 18 heavy (non-hydrogen) atoms. The molecule has 2 unspecified atom stereocenters. The average Bonchev–Trinajstić information content (AvgIpc) is 2.29. The second kappa shape index (κ2) is 5.98. The Morgan fingerprint density at radius 3 is 2.28 bits per heavy atom. The summed E-state index contributed by atoms with van der Waals surface area (Å²) in [6.45, 7) is 3.51. The number of methoxy groups -OCH3 is 1. The van der Waals surface area contributed by atoms with Crippen molar-refractivity contribution in [3.63, 3.8) is 0 Å². The number of carbonyl (C=O) groups is 1. The van der Waals surface area contributed by atoms with Crippen LogP contribution in [0.15, 0.2) is 30.3 Å². The highest BCUT2D eigenvalue weighted by atomic mass is 16.5. The van der Waals surface area contributed by atoms with Gasteiger partial charge < -0.3 is 14.9 Å². The molecule has 0 heterocycles. The lowest BCUT2D eigenvalue weighted by molar-refractivity contribution is -0.163. The predicted molar refractivity (Wildman–Crippen MR) is 68.2 cm³/mol. The van der Waals surface area contributed by atoms with Crippen molar-refractivity contribution in [3.05, 3.63) is 35.9 Å². The minimum absolute atomic E-state index is 0.0494. The first-order valence-corrected chi connectivity index (χ1v) is 5.93. The van der Waals surface area contributed by atoms with Crippen LogP contribution in [0.4, 0.5) is 0 Å². The van der Waals surface area contributed by atoms with E-state index in [2.05, 4.69) is 0 Å². The topological polar surface area (TPSA) is 66.8 Å². The first-order chi connectivity index (χ1) is 8.43. The first kappa shape index (κ1) is 14.7. The van der Waals surface area contributed by atoms with Crippen LogP contribution < -0.4 is 0 Å². The van der Waals surface area contributed by atoms with Gasteiger partial charge in [-0.3, -0.25) is 4.79 Å². The van der Waals surface area contributed by atoms with Gasteiger partial charge in [0.15, 0.2) is 0 Å². The van der Waals surface area contributed by atoms with Gasteiger partial charge in [-0.05, 0) is 11.5 Å². The Morgan fingerprint density at radius 2 is 1.89 bits per heavy atom. The molecule has 0 saturated carbocycles. The third-order valence-corrected chi connectivity index (χ3v) is 3.09. The molecule has 0 aliphatic rings. The number of aliphatic carboxylic acids is 1. The smallest absolute Gasteiger partial charge is 0.310 e. The molecule has 0 amide bonds. The highest BCUT2D eigenvalue weighted by Gasteiger charge is 2.44. The molecule has 1 aromatic rings. The highest BCUT2D eigenvalue weighted by molar-refractivity contribution is 5.72. The Kier molecular flexibility index (Phi) is 4.87. The van der Waals surface area contributed by atoms with Gasteiger partial charge in [0.25, 0.3) is 0 Å². The lowest BCUT2D eigenvalue weighted by Gasteiger charge is -2.35. The Hall–Kier alpha value is -1.39. The van der Waals surface area contributed by atoms with E-state index < -0.39 is 17.5 Å². The van der Waals surface area contributed by atoms with Crippen LogP contribution >= 0.6 is 0 Å². The molecule has 100 valence electrons. The molecule has 0 spiro atoms. The zero-order chi connectivity index (χ0) is 13.8. The van der Waals surface area contributed by atoms with Crippen molar-refractivity contribution in [3.8, 4) is 0 Å². The minimum Gasteiger partial charge on any atom is -0.481 e. The van der Waals surface area contributed by atoms with Crippen LogP contribution in [-0.4, -0.2) is 29.9 Å². The van der Waals surface area contributed by atoms with Gasteiger partial charge in [0.05, 0.1) is 12.5 Å². The number of carboxylic acids is 1. The fourth-order valence-corrected chi connectivity index (χ4v) is 2.34. The third kappa shape index (κ3) is 2.89. The van der Waals surface area contributed by atoms with E-state index in [1.807, 2.05) is 6.07 Å². The summed E-state index contributed by atoms with van der Waals surface area (Å²) in [7, 11) is 1.45. The molecule has 0 bridgehead atoms. The van der Waals surface area contributed by atoms with Gasteiger partial charge in [0.2, 0.25) is 0 Å². The molecule has 1 rings (SSSR count).